The molecule has 0 atom stereocenters. The van der Waals surface area contributed by atoms with Crippen molar-refractivity contribution in [2.24, 2.45) is 0 Å². The van der Waals surface area contributed by atoms with Crippen LogP contribution in [-0.2, 0) is 17.8 Å². The number of methoxy groups -OCH3 is 1. The van der Waals surface area contributed by atoms with Crippen LogP contribution in [0, 0.1) is 0 Å². The highest BCUT2D eigenvalue weighted by Gasteiger charge is 2.10. The summed E-state index contributed by atoms with van der Waals surface area (Å²) in [7, 11) is 1.62. The lowest BCUT2D eigenvalue weighted by atomic mass is 10.2. The highest BCUT2D eigenvalue weighted by Crippen LogP contribution is 2.24. The van der Waals surface area contributed by atoms with Crippen LogP contribution in [0.2, 0.25) is 0 Å². The number of ether oxygens (including phenoxy) is 1. The number of carbonyl (C=O) groups is 1. The fourth-order valence-electron chi connectivity index (χ4n) is 2.55. The number of aryl methyl sites for hydroxylation is 1. The maximum Gasteiger partial charge on any atom is 0.220 e. The molecule has 0 saturated heterocycles. The van der Waals surface area contributed by atoms with Crippen molar-refractivity contribution in [2.75, 3.05) is 7.11 Å². The van der Waals surface area contributed by atoms with E-state index in [0.29, 0.717) is 31.0 Å². The Morgan fingerprint density at radius 3 is 2.88 bits per heavy atom. The molecule has 3 rings (SSSR count). The molecule has 0 bridgehead atoms. The number of amides is 1. The van der Waals surface area contributed by atoms with Crippen molar-refractivity contribution in [1.82, 2.24) is 10.3 Å². The van der Waals surface area contributed by atoms with Crippen LogP contribution in [0.15, 0.2) is 63.6 Å². The van der Waals surface area contributed by atoms with Crippen LogP contribution < -0.4 is 10.1 Å². The first-order valence-corrected chi connectivity index (χ1v) is 9.04. The minimum atomic E-state index is -0.0573. The number of oxazole rings is 1. The van der Waals surface area contributed by atoms with E-state index >= 15 is 0 Å². The van der Waals surface area contributed by atoms with Gasteiger partial charge in [0, 0.05) is 35.0 Å². The zero-order valence-corrected chi connectivity index (χ0v) is 16.0. The molecule has 0 unspecified atom stereocenters. The van der Waals surface area contributed by atoms with Gasteiger partial charge in [-0.3, -0.25) is 4.79 Å². The fraction of sp³-hybridized carbons (Fsp3) is 0.200. The molecule has 5 nitrogen and oxygen atoms in total. The van der Waals surface area contributed by atoms with Crippen LogP contribution in [0.5, 0.6) is 5.75 Å². The Kier molecular flexibility index (Phi) is 6.07. The molecule has 3 aromatic rings. The van der Waals surface area contributed by atoms with Gasteiger partial charge < -0.3 is 14.5 Å². The standard InChI is InChI=1S/C20H19BrN2O3/c1-25-17-8-3-2-5-15(17)12-22-19(24)9-10-20-23-13-18(26-20)14-6-4-7-16(21)11-14/h2-8,11,13H,9-10,12H2,1H3,(H,22,24). The number of aromatic nitrogens is 1. The third-order valence-corrected chi connectivity index (χ3v) is 4.39. The number of para-hydroxylation sites is 1. The third-order valence-electron chi connectivity index (χ3n) is 3.90. The molecule has 6 heteroatoms. The summed E-state index contributed by atoms with van der Waals surface area (Å²) in [5.74, 6) is 1.94. The van der Waals surface area contributed by atoms with Gasteiger partial charge in [-0.15, -0.1) is 0 Å². The lowest BCUT2D eigenvalue weighted by Crippen LogP contribution is -2.23. The van der Waals surface area contributed by atoms with Crippen molar-refractivity contribution < 1.29 is 13.9 Å². The van der Waals surface area contributed by atoms with Crippen LogP contribution in [0.25, 0.3) is 11.3 Å². The number of rotatable bonds is 7. The summed E-state index contributed by atoms with van der Waals surface area (Å²) in [5.41, 5.74) is 1.88. The van der Waals surface area contributed by atoms with Crippen molar-refractivity contribution in [1.29, 1.82) is 0 Å². The second-order valence-corrected chi connectivity index (χ2v) is 6.63. The van der Waals surface area contributed by atoms with E-state index in [1.54, 1.807) is 13.3 Å². The molecule has 0 aliphatic rings. The lowest BCUT2D eigenvalue weighted by Gasteiger charge is -2.09. The van der Waals surface area contributed by atoms with Gasteiger partial charge in [-0.1, -0.05) is 46.3 Å². The lowest BCUT2D eigenvalue weighted by molar-refractivity contribution is -0.121. The van der Waals surface area contributed by atoms with Crippen molar-refractivity contribution in [3.63, 3.8) is 0 Å². The summed E-state index contributed by atoms with van der Waals surface area (Å²) >= 11 is 3.44. The second-order valence-electron chi connectivity index (χ2n) is 5.72. The van der Waals surface area contributed by atoms with Crippen molar-refractivity contribution in [2.45, 2.75) is 19.4 Å². The summed E-state index contributed by atoms with van der Waals surface area (Å²) in [4.78, 5) is 16.3. The second kappa shape index (κ2) is 8.67. The van der Waals surface area contributed by atoms with Gasteiger partial charge in [0.15, 0.2) is 11.7 Å². The predicted octanol–water partition coefficient (Wildman–Crippen LogP) is 4.36. The van der Waals surface area contributed by atoms with E-state index in [-0.39, 0.29) is 5.91 Å². The number of nitrogens with zero attached hydrogens (tertiary/aromatic N) is 1. The molecule has 0 aliphatic heterocycles. The van der Waals surface area contributed by atoms with Gasteiger partial charge >= 0.3 is 0 Å². The maximum absolute atomic E-state index is 12.1. The van der Waals surface area contributed by atoms with Crippen molar-refractivity contribution in [3.05, 3.63) is 70.7 Å². The highest BCUT2D eigenvalue weighted by molar-refractivity contribution is 9.10. The molecular formula is C20H19BrN2O3. The van der Waals surface area contributed by atoms with Crippen LogP contribution in [0.3, 0.4) is 0 Å². The summed E-state index contributed by atoms with van der Waals surface area (Å²) < 4.78 is 12.0. The zero-order chi connectivity index (χ0) is 18.4. The van der Waals surface area contributed by atoms with Gasteiger partial charge in [0.2, 0.25) is 5.91 Å². The quantitative estimate of drug-likeness (QED) is 0.623. The predicted molar refractivity (Wildman–Crippen MR) is 103 cm³/mol. The third kappa shape index (κ3) is 4.73. The molecule has 134 valence electrons. The maximum atomic E-state index is 12.1. The summed E-state index contributed by atoms with van der Waals surface area (Å²) in [6.45, 7) is 0.428. The molecule has 1 aromatic heterocycles. The van der Waals surface area contributed by atoms with Gasteiger partial charge in [-0.2, -0.15) is 0 Å². The first-order chi connectivity index (χ1) is 12.7. The average molecular weight is 415 g/mol. The van der Waals surface area contributed by atoms with Crippen LogP contribution >= 0.6 is 15.9 Å². The topological polar surface area (TPSA) is 64.4 Å². The van der Waals surface area contributed by atoms with E-state index < -0.39 is 0 Å². The van der Waals surface area contributed by atoms with Gasteiger partial charge in [0.1, 0.15) is 5.75 Å². The fourth-order valence-corrected chi connectivity index (χ4v) is 2.95. The molecule has 1 N–H and O–H groups in total. The highest BCUT2D eigenvalue weighted by atomic mass is 79.9. The van der Waals surface area contributed by atoms with Gasteiger partial charge in [-0.25, -0.2) is 4.98 Å². The Hall–Kier alpha value is -2.60. The van der Waals surface area contributed by atoms with E-state index in [0.717, 1.165) is 21.3 Å². The number of halogens is 1. The minimum absolute atomic E-state index is 0.0573. The first-order valence-electron chi connectivity index (χ1n) is 8.25. The first kappa shape index (κ1) is 18.2. The van der Waals surface area contributed by atoms with E-state index in [1.807, 2.05) is 48.5 Å². The van der Waals surface area contributed by atoms with Gasteiger partial charge in [0.25, 0.3) is 0 Å². The SMILES string of the molecule is COc1ccccc1CNC(=O)CCc1ncc(-c2cccc(Br)c2)o1. The van der Waals surface area contributed by atoms with Crippen molar-refractivity contribution in [3.8, 4) is 17.1 Å². The van der Waals surface area contributed by atoms with E-state index in [2.05, 4.69) is 26.2 Å². The molecule has 0 saturated carbocycles. The van der Waals surface area contributed by atoms with Gasteiger partial charge in [0.05, 0.1) is 13.3 Å². The van der Waals surface area contributed by atoms with E-state index in [4.69, 9.17) is 9.15 Å². The number of hydrogen-bond acceptors (Lipinski definition) is 4. The Balaban J connectivity index is 1.52. The molecule has 26 heavy (non-hydrogen) atoms. The Labute approximate surface area is 160 Å². The summed E-state index contributed by atoms with van der Waals surface area (Å²) in [5, 5.41) is 2.90. The monoisotopic (exact) mass is 414 g/mol. The molecule has 0 fully saturated rings. The smallest absolute Gasteiger partial charge is 0.220 e. The Bertz CT molecular complexity index is 892. The largest absolute Gasteiger partial charge is 0.496 e. The average Bonchev–Trinajstić information content (AvgIpc) is 3.14. The van der Waals surface area contributed by atoms with Crippen LogP contribution in [0.1, 0.15) is 17.9 Å². The van der Waals surface area contributed by atoms with Crippen LogP contribution in [0.4, 0.5) is 0 Å². The molecule has 1 heterocycles. The van der Waals surface area contributed by atoms with Gasteiger partial charge in [-0.05, 0) is 18.2 Å². The molecule has 0 spiro atoms. The van der Waals surface area contributed by atoms with Crippen molar-refractivity contribution >= 4 is 21.8 Å². The molecule has 2 aromatic carbocycles. The number of benzene rings is 2. The zero-order valence-electron chi connectivity index (χ0n) is 14.4. The Morgan fingerprint density at radius 2 is 2.08 bits per heavy atom. The molecule has 1 amide bonds. The van der Waals surface area contributed by atoms with E-state index in [9.17, 15) is 4.79 Å². The normalized spacial score (nSPS) is 10.5. The minimum Gasteiger partial charge on any atom is -0.496 e. The summed E-state index contributed by atoms with van der Waals surface area (Å²) in [6, 6.07) is 15.4. The van der Waals surface area contributed by atoms with Crippen LogP contribution in [-0.4, -0.2) is 18.0 Å². The molecule has 0 aliphatic carbocycles. The number of hydrogen-bond donors (Lipinski definition) is 1. The number of nitrogens with one attached hydrogen (secondary N) is 1. The molecule has 0 radical (unpaired) electrons. The molecular weight excluding hydrogens is 396 g/mol. The number of carbonyl (C=O) groups excluding carboxylic acids is 1. The Morgan fingerprint density at radius 1 is 1.23 bits per heavy atom. The summed E-state index contributed by atoms with van der Waals surface area (Å²) in [6.07, 6.45) is 2.45. The van der Waals surface area contributed by atoms with E-state index in [1.165, 1.54) is 0 Å².